The van der Waals surface area contributed by atoms with E-state index in [2.05, 4.69) is 26.1 Å². The predicted molar refractivity (Wildman–Crippen MR) is 64.1 cm³/mol. The summed E-state index contributed by atoms with van der Waals surface area (Å²) in [6.07, 6.45) is 1.49. The molecule has 0 fully saturated rings. The summed E-state index contributed by atoms with van der Waals surface area (Å²) in [5, 5.41) is 14.8. The van der Waals surface area contributed by atoms with Gasteiger partial charge in [0.2, 0.25) is 0 Å². The highest BCUT2D eigenvalue weighted by atomic mass is 16.2. The molecular weight excluding hydrogens is 234 g/mol. The number of rotatable bonds is 3. The lowest BCUT2D eigenvalue weighted by atomic mass is 10.1. The molecule has 0 bridgehead atoms. The number of hydrazone groups is 1. The lowest BCUT2D eigenvalue weighted by molar-refractivity contribution is 0.249. The molecule has 2 amide bonds. The number of primary amides is 1. The molecule has 0 spiro atoms. The van der Waals surface area contributed by atoms with Crippen LogP contribution in [0, 0.1) is 0 Å². The van der Waals surface area contributed by atoms with Gasteiger partial charge in [-0.2, -0.15) is 5.10 Å². The first kappa shape index (κ1) is 11.7. The van der Waals surface area contributed by atoms with Crippen LogP contribution in [0.4, 0.5) is 4.79 Å². The summed E-state index contributed by atoms with van der Waals surface area (Å²) in [4.78, 5) is 10.6. The summed E-state index contributed by atoms with van der Waals surface area (Å²) in [6.45, 7) is 1.76. The maximum Gasteiger partial charge on any atom is 0.332 e. The minimum absolute atomic E-state index is 0.628. The molecule has 92 valence electrons. The number of carbonyl (C=O) groups is 1. The molecule has 2 aromatic rings. The average molecular weight is 245 g/mol. The van der Waals surface area contributed by atoms with Crippen LogP contribution >= 0.6 is 0 Å². The van der Waals surface area contributed by atoms with Crippen LogP contribution < -0.4 is 11.2 Å². The molecule has 0 aliphatic heterocycles. The SMILES string of the molecule is C/C(=N\NC(N)=O)c1cccc(-n2cnnn2)c1. The van der Waals surface area contributed by atoms with Gasteiger partial charge in [0, 0.05) is 0 Å². The Kier molecular flexibility index (Phi) is 3.28. The van der Waals surface area contributed by atoms with Gasteiger partial charge in [-0.3, -0.25) is 0 Å². The van der Waals surface area contributed by atoms with Crippen molar-refractivity contribution < 1.29 is 4.79 Å². The predicted octanol–water partition coefficient (Wildman–Crippen LogP) is 0.0546. The highest BCUT2D eigenvalue weighted by Crippen LogP contribution is 2.09. The Bertz CT molecular complexity index is 576. The number of nitrogens with one attached hydrogen (secondary N) is 1. The number of hydrogen-bond donors (Lipinski definition) is 2. The Labute approximate surface area is 102 Å². The van der Waals surface area contributed by atoms with Crippen molar-refractivity contribution in [1.29, 1.82) is 0 Å². The Morgan fingerprint density at radius 3 is 3.00 bits per heavy atom. The Morgan fingerprint density at radius 2 is 2.33 bits per heavy atom. The summed E-state index contributed by atoms with van der Waals surface area (Å²) in [5.74, 6) is 0. The van der Waals surface area contributed by atoms with E-state index < -0.39 is 6.03 Å². The van der Waals surface area contributed by atoms with Crippen LogP contribution in [0.2, 0.25) is 0 Å². The number of urea groups is 1. The van der Waals surface area contributed by atoms with Gasteiger partial charge >= 0.3 is 6.03 Å². The molecule has 1 heterocycles. The van der Waals surface area contributed by atoms with E-state index in [4.69, 9.17) is 5.73 Å². The number of benzene rings is 1. The van der Waals surface area contributed by atoms with E-state index in [1.807, 2.05) is 24.3 Å². The van der Waals surface area contributed by atoms with Gasteiger partial charge in [0.1, 0.15) is 6.33 Å². The molecule has 0 aliphatic rings. The summed E-state index contributed by atoms with van der Waals surface area (Å²) in [5.41, 5.74) is 9.37. The number of nitrogens with two attached hydrogens (primary N) is 1. The molecule has 1 aromatic heterocycles. The van der Waals surface area contributed by atoms with Crippen LogP contribution in [0.5, 0.6) is 0 Å². The zero-order valence-corrected chi connectivity index (χ0v) is 9.61. The van der Waals surface area contributed by atoms with Crippen LogP contribution in [-0.2, 0) is 0 Å². The van der Waals surface area contributed by atoms with E-state index >= 15 is 0 Å². The van der Waals surface area contributed by atoms with Crippen LogP contribution in [0.15, 0.2) is 35.7 Å². The van der Waals surface area contributed by atoms with Crippen molar-refractivity contribution in [2.24, 2.45) is 10.8 Å². The molecule has 3 N–H and O–H groups in total. The third-order valence-corrected chi connectivity index (χ3v) is 2.21. The standard InChI is InChI=1S/C10H11N7O/c1-7(13-14-10(11)18)8-3-2-4-9(5-8)17-6-12-15-16-17/h2-6H,1H3,(H3,11,14,18)/b13-7+. The van der Waals surface area contributed by atoms with Crippen molar-refractivity contribution in [2.45, 2.75) is 6.92 Å². The molecular formula is C10H11N7O. The van der Waals surface area contributed by atoms with E-state index in [0.29, 0.717) is 5.71 Å². The fourth-order valence-electron chi connectivity index (χ4n) is 1.36. The van der Waals surface area contributed by atoms with Crippen LogP contribution in [-0.4, -0.2) is 32.0 Å². The fourth-order valence-corrected chi connectivity index (χ4v) is 1.36. The molecule has 0 unspecified atom stereocenters. The number of tetrazole rings is 1. The number of aromatic nitrogens is 4. The monoisotopic (exact) mass is 245 g/mol. The molecule has 0 saturated heterocycles. The summed E-state index contributed by atoms with van der Waals surface area (Å²) in [6, 6.07) is 6.70. The molecule has 8 heteroatoms. The second-order valence-corrected chi connectivity index (χ2v) is 3.48. The second kappa shape index (κ2) is 5.04. The van der Waals surface area contributed by atoms with Crippen molar-refractivity contribution in [3.63, 3.8) is 0 Å². The molecule has 2 rings (SSSR count). The quantitative estimate of drug-likeness (QED) is 0.588. The minimum Gasteiger partial charge on any atom is -0.350 e. The zero-order valence-electron chi connectivity index (χ0n) is 9.61. The van der Waals surface area contributed by atoms with E-state index in [9.17, 15) is 4.79 Å². The van der Waals surface area contributed by atoms with Gasteiger partial charge in [-0.15, -0.1) is 5.10 Å². The Morgan fingerprint density at radius 1 is 1.50 bits per heavy atom. The molecule has 0 aliphatic carbocycles. The first-order valence-electron chi connectivity index (χ1n) is 5.10. The van der Waals surface area contributed by atoms with E-state index in [1.165, 1.54) is 11.0 Å². The van der Waals surface area contributed by atoms with Gasteiger partial charge in [0.05, 0.1) is 11.4 Å². The molecule has 0 atom stereocenters. The van der Waals surface area contributed by atoms with Gasteiger partial charge in [-0.25, -0.2) is 14.9 Å². The lowest BCUT2D eigenvalue weighted by Crippen LogP contribution is -2.25. The first-order valence-corrected chi connectivity index (χ1v) is 5.10. The minimum atomic E-state index is -0.703. The maximum absolute atomic E-state index is 10.6. The first-order chi connectivity index (χ1) is 8.66. The lowest BCUT2D eigenvalue weighted by Gasteiger charge is -2.04. The van der Waals surface area contributed by atoms with Crippen molar-refractivity contribution >= 4 is 11.7 Å². The van der Waals surface area contributed by atoms with Gasteiger partial charge in [0.25, 0.3) is 0 Å². The molecule has 8 nitrogen and oxygen atoms in total. The summed E-state index contributed by atoms with van der Waals surface area (Å²) in [7, 11) is 0. The van der Waals surface area contributed by atoms with Crippen LogP contribution in [0.1, 0.15) is 12.5 Å². The maximum atomic E-state index is 10.6. The van der Waals surface area contributed by atoms with Crippen LogP contribution in [0.25, 0.3) is 5.69 Å². The number of amides is 2. The summed E-state index contributed by atoms with van der Waals surface area (Å²) < 4.78 is 1.53. The zero-order chi connectivity index (χ0) is 13.0. The molecule has 1 aromatic carbocycles. The third kappa shape index (κ3) is 2.67. The van der Waals surface area contributed by atoms with Gasteiger partial charge in [-0.05, 0) is 35.0 Å². The number of carbonyl (C=O) groups excluding carboxylic acids is 1. The van der Waals surface area contributed by atoms with E-state index in [0.717, 1.165) is 11.3 Å². The third-order valence-electron chi connectivity index (χ3n) is 2.21. The highest BCUT2D eigenvalue weighted by molar-refractivity contribution is 5.99. The van der Waals surface area contributed by atoms with Crippen molar-refractivity contribution in [1.82, 2.24) is 25.6 Å². The number of nitrogens with zero attached hydrogens (tertiary/aromatic N) is 5. The van der Waals surface area contributed by atoms with Crippen LogP contribution in [0.3, 0.4) is 0 Å². The Balaban J connectivity index is 2.27. The van der Waals surface area contributed by atoms with Gasteiger partial charge in [0.15, 0.2) is 0 Å². The van der Waals surface area contributed by atoms with Gasteiger partial charge < -0.3 is 5.73 Å². The second-order valence-electron chi connectivity index (χ2n) is 3.48. The number of hydrogen-bond acceptors (Lipinski definition) is 5. The molecule has 0 saturated carbocycles. The highest BCUT2D eigenvalue weighted by Gasteiger charge is 2.02. The van der Waals surface area contributed by atoms with Crippen molar-refractivity contribution in [3.05, 3.63) is 36.2 Å². The molecule has 0 radical (unpaired) electrons. The van der Waals surface area contributed by atoms with Crippen molar-refractivity contribution in [3.8, 4) is 5.69 Å². The van der Waals surface area contributed by atoms with E-state index in [1.54, 1.807) is 6.92 Å². The van der Waals surface area contributed by atoms with Crippen molar-refractivity contribution in [2.75, 3.05) is 0 Å². The summed E-state index contributed by atoms with van der Waals surface area (Å²) >= 11 is 0. The fraction of sp³-hybridized carbons (Fsp3) is 0.100. The molecule has 18 heavy (non-hydrogen) atoms. The van der Waals surface area contributed by atoms with E-state index in [-0.39, 0.29) is 0 Å². The normalized spacial score (nSPS) is 11.3. The smallest absolute Gasteiger partial charge is 0.332 e. The Hall–Kier alpha value is -2.77. The largest absolute Gasteiger partial charge is 0.350 e. The average Bonchev–Trinajstić information content (AvgIpc) is 2.90. The van der Waals surface area contributed by atoms with Gasteiger partial charge in [-0.1, -0.05) is 12.1 Å². The topological polar surface area (TPSA) is 111 Å².